The zero-order valence-corrected chi connectivity index (χ0v) is 17.6. The Morgan fingerprint density at radius 3 is 2.43 bits per heavy atom. The van der Waals surface area contributed by atoms with E-state index >= 15 is 0 Å². The summed E-state index contributed by atoms with van der Waals surface area (Å²) in [6.45, 7) is 15.3. The quantitative estimate of drug-likeness (QED) is 0.728. The van der Waals surface area contributed by atoms with Crippen molar-refractivity contribution in [2.24, 2.45) is 4.99 Å². The average molecular weight is 395 g/mol. The molecule has 1 N–H and O–H groups in total. The van der Waals surface area contributed by atoms with E-state index in [1.165, 1.54) is 0 Å². The first-order valence-electron chi connectivity index (χ1n) is 10.2. The zero-order valence-electron chi connectivity index (χ0n) is 17.6. The molecule has 3 heterocycles. The number of ether oxygens (including phenoxy) is 1. The van der Waals surface area contributed by atoms with E-state index in [1.54, 1.807) is 11.8 Å². The summed E-state index contributed by atoms with van der Waals surface area (Å²) in [5, 5.41) is 3.46. The Labute approximate surface area is 167 Å². The van der Waals surface area contributed by atoms with Crippen molar-refractivity contribution in [3.8, 4) is 0 Å². The van der Waals surface area contributed by atoms with Crippen LogP contribution in [0.15, 0.2) is 4.99 Å². The van der Waals surface area contributed by atoms with Gasteiger partial charge in [0.2, 0.25) is 5.91 Å². The van der Waals surface area contributed by atoms with Crippen molar-refractivity contribution < 1.29 is 14.3 Å². The smallest absolute Gasteiger partial charge is 0.410 e. The lowest BCUT2D eigenvalue weighted by atomic mass is 10.2. The first-order valence-corrected chi connectivity index (χ1v) is 10.2. The molecule has 0 aromatic heterocycles. The number of fused-ring (bicyclic) bond motifs is 1. The number of nitrogens with zero attached hydrogens (tertiary/aromatic N) is 5. The highest BCUT2D eigenvalue weighted by molar-refractivity contribution is 5.82. The number of carbonyl (C=O) groups excluding carboxylic acids is 2. The highest BCUT2D eigenvalue weighted by atomic mass is 16.6. The van der Waals surface area contributed by atoms with E-state index in [-0.39, 0.29) is 18.0 Å². The van der Waals surface area contributed by atoms with Crippen LogP contribution < -0.4 is 5.32 Å². The highest BCUT2D eigenvalue weighted by Gasteiger charge is 2.36. The Hall–Kier alpha value is -2.03. The number of amides is 2. The third-order valence-corrected chi connectivity index (χ3v) is 5.39. The van der Waals surface area contributed by atoms with Gasteiger partial charge in [-0.2, -0.15) is 0 Å². The van der Waals surface area contributed by atoms with Crippen molar-refractivity contribution in [1.82, 2.24) is 24.9 Å². The summed E-state index contributed by atoms with van der Waals surface area (Å²) in [5.41, 5.74) is -0.469. The summed E-state index contributed by atoms with van der Waals surface area (Å²) in [5.74, 6) is 1.10. The number of hydrogen-bond acceptors (Lipinski definition) is 7. The van der Waals surface area contributed by atoms with E-state index in [0.717, 1.165) is 51.8 Å². The standard InChI is InChI=1S/C19H34N6O3/c1-15(26)23-9-7-22(8-10-23)6-5-20-17-21-13-16-14-24(11-12-25(16)17)18(27)28-19(2,3)4/h16H,5-14H2,1-4H3,(H,20,21). The number of rotatable bonds is 3. The molecule has 1 unspecified atom stereocenters. The van der Waals surface area contributed by atoms with Crippen molar-refractivity contribution in [3.05, 3.63) is 0 Å². The molecule has 1 atom stereocenters. The first-order chi connectivity index (χ1) is 13.2. The highest BCUT2D eigenvalue weighted by Crippen LogP contribution is 2.18. The maximum Gasteiger partial charge on any atom is 0.410 e. The summed E-state index contributed by atoms with van der Waals surface area (Å²) in [7, 11) is 0. The van der Waals surface area contributed by atoms with E-state index in [1.807, 2.05) is 25.7 Å². The van der Waals surface area contributed by atoms with Crippen molar-refractivity contribution in [2.45, 2.75) is 39.3 Å². The largest absolute Gasteiger partial charge is 0.444 e. The van der Waals surface area contributed by atoms with Gasteiger partial charge in [-0.25, -0.2) is 4.79 Å². The van der Waals surface area contributed by atoms with Crippen molar-refractivity contribution in [2.75, 3.05) is 65.4 Å². The molecular formula is C19H34N6O3. The molecule has 9 nitrogen and oxygen atoms in total. The minimum absolute atomic E-state index is 0.162. The lowest BCUT2D eigenvalue weighted by Gasteiger charge is -2.39. The fourth-order valence-corrected chi connectivity index (χ4v) is 3.84. The van der Waals surface area contributed by atoms with Crippen LogP contribution in [-0.2, 0) is 9.53 Å². The molecule has 9 heteroatoms. The third kappa shape index (κ3) is 5.27. The third-order valence-electron chi connectivity index (χ3n) is 5.39. The van der Waals surface area contributed by atoms with Gasteiger partial charge in [0, 0.05) is 65.8 Å². The van der Waals surface area contributed by atoms with Crippen LogP contribution in [-0.4, -0.2) is 115 Å². The summed E-state index contributed by atoms with van der Waals surface area (Å²) < 4.78 is 5.49. The predicted molar refractivity (Wildman–Crippen MR) is 107 cm³/mol. The van der Waals surface area contributed by atoms with Gasteiger partial charge in [0.1, 0.15) is 5.60 Å². The second-order valence-electron chi connectivity index (χ2n) is 8.71. The molecule has 0 saturated carbocycles. The van der Waals surface area contributed by atoms with E-state index in [9.17, 15) is 9.59 Å². The molecule has 3 rings (SSSR count). The van der Waals surface area contributed by atoms with Gasteiger partial charge in [-0.1, -0.05) is 0 Å². The normalized spacial score (nSPS) is 23.4. The van der Waals surface area contributed by atoms with Gasteiger partial charge in [0.05, 0.1) is 12.6 Å². The molecular weight excluding hydrogens is 360 g/mol. The van der Waals surface area contributed by atoms with E-state index < -0.39 is 5.60 Å². The Morgan fingerprint density at radius 1 is 1.11 bits per heavy atom. The molecule has 0 aromatic rings. The Balaban J connectivity index is 1.38. The van der Waals surface area contributed by atoms with Gasteiger partial charge in [-0.05, 0) is 20.8 Å². The summed E-state index contributed by atoms with van der Waals surface area (Å²) in [6, 6.07) is 0.225. The monoisotopic (exact) mass is 394 g/mol. The van der Waals surface area contributed by atoms with Gasteiger partial charge in [-0.3, -0.25) is 14.7 Å². The first kappa shape index (κ1) is 20.7. The fraction of sp³-hybridized carbons (Fsp3) is 0.842. The number of piperazine rings is 2. The lowest BCUT2D eigenvalue weighted by molar-refractivity contribution is -0.130. The molecule has 3 aliphatic heterocycles. The molecule has 0 aliphatic carbocycles. The average Bonchev–Trinajstić information content (AvgIpc) is 3.03. The summed E-state index contributed by atoms with van der Waals surface area (Å²) in [4.78, 5) is 36.7. The van der Waals surface area contributed by atoms with Crippen LogP contribution in [0.2, 0.25) is 0 Å². The number of aliphatic imine (C=N–C) groups is 1. The molecule has 2 amide bonds. The predicted octanol–water partition coefficient (Wildman–Crippen LogP) is 0.0310. The maximum atomic E-state index is 12.3. The number of guanidine groups is 1. The van der Waals surface area contributed by atoms with Crippen molar-refractivity contribution in [1.29, 1.82) is 0 Å². The second-order valence-corrected chi connectivity index (χ2v) is 8.71. The van der Waals surface area contributed by atoms with Crippen molar-refractivity contribution in [3.63, 3.8) is 0 Å². The number of hydrogen-bond donors (Lipinski definition) is 1. The Morgan fingerprint density at radius 2 is 1.79 bits per heavy atom. The van der Waals surface area contributed by atoms with Crippen LogP contribution in [0.25, 0.3) is 0 Å². The molecule has 2 saturated heterocycles. The Bertz CT molecular complexity index is 609. The fourth-order valence-electron chi connectivity index (χ4n) is 3.84. The Kier molecular flexibility index (Phi) is 6.32. The molecule has 3 aliphatic rings. The zero-order chi connectivity index (χ0) is 20.3. The minimum atomic E-state index is -0.469. The van der Waals surface area contributed by atoms with Gasteiger partial charge in [0.25, 0.3) is 0 Å². The van der Waals surface area contributed by atoms with E-state index in [2.05, 4.69) is 20.1 Å². The van der Waals surface area contributed by atoms with Crippen molar-refractivity contribution >= 4 is 18.0 Å². The van der Waals surface area contributed by atoms with Crippen LogP contribution in [0.4, 0.5) is 4.79 Å². The van der Waals surface area contributed by atoms with Crippen LogP contribution in [0, 0.1) is 0 Å². The van der Waals surface area contributed by atoms with Crippen LogP contribution in [0.5, 0.6) is 0 Å². The molecule has 0 spiro atoms. The number of carbonyl (C=O) groups is 2. The summed E-state index contributed by atoms with van der Waals surface area (Å²) >= 11 is 0. The SMILES string of the molecule is CC(=O)N1CCN(CCNC2=NCC3CN(C(=O)OC(C)(C)C)CCN23)CC1. The summed E-state index contributed by atoms with van der Waals surface area (Å²) in [6.07, 6.45) is -0.238. The number of nitrogens with one attached hydrogen (secondary N) is 1. The minimum Gasteiger partial charge on any atom is -0.444 e. The van der Waals surface area contributed by atoms with E-state index in [4.69, 9.17) is 4.74 Å². The van der Waals surface area contributed by atoms with E-state index in [0.29, 0.717) is 19.6 Å². The second kappa shape index (κ2) is 8.55. The lowest BCUT2D eigenvalue weighted by Crippen LogP contribution is -2.58. The molecule has 158 valence electrons. The van der Waals surface area contributed by atoms with Crippen LogP contribution in [0.3, 0.4) is 0 Å². The molecule has 0 aromatic carbocycles. The van der Waals surface area contributed by atoms with Gasteiger partial charge in [-0.15, -0.1) is 0 Å². The molecule has 2 fully saturated rings. The van der Waals surface area contributed by atoms with Gasteiger partial charge in [0.15, 0.2) is 5.96 Å². The van der Waals surface area contributed by atoms with Crippen LogP contribution in [0.1, 0.15) is 27.7 Å². The topological polar surface area (TPSA) is 80.7 Å². The molecule has 0 bridgehead atoms. The maximum absolute atomic E-state index is 12.3. The van der Waals surface area contributed by atoms with Gasteiger partial charge >= 0.3 is 6.09 Å². The molecule has 0 radical (unpaired) electrons. The van der Waals surface area contributed by atoms with Gasteiger partial charge < -0.3 is 24.8 Å². The molecule has 28 heavy (non-hydrogen) atoms. The van der Waals surface area contributed by atoms with Crippen LogP contribution >= 0.6 is 0 Å².